The molecule has 6 heteroatoms. The monoisotopic (exact) mass is 390 g/mol. The van der Waals surface area contributed by atoms with E-state index in [1.165, 1.54) is 18.2 Å². The fourth-order valence-electron chi connectivity index (χ4n) is 3.70. The zero-order chi connectivity index (χ0) is 20.1. The first-order valence-corrected chi connectivity index (χ1v) is 9.72. The van der Waals surface area contributed by atoms with Gasteiger partial charge in [-0.25, -0.2) is 13.2 Å². The number of carbonyl (C=O) groups is 1. The number of anilines is 1. The van der Waals surface area contributed by atoms with Gasteiger partial charge in [0.2, 0.25) is 5.91 Å². The van der Waals surface area contributed by atoms with Crippen molar-refractivity contribution in [2.45, 2.75) is 38.6 Å². The Labute approximate surface area is 163 Å². The van der Waals surface area contributed by atoms with Crippen LogP contribution < -0.4 is 4.90 Å². The van der Waals surface area contributed by atoms with E-state index in [-0.39, 0.29) is 17.8 Å². The minimum absolute atomic E-state index is 0.0283. The number of halogens is 3. The lowest BCUT2D eigenvalue weighted by atomic mass is 10.0. The Hall–Kier alpha value is -2.34. The lowest BCUT2D eigenvalue weighted by Crippen LogP contribution is -2.48. The van der Waals surface area contributed by atoms with Crippen molar-refractivity contribution in [2.75, 3.05) is 24.5 Å². The number of rotatable bonds is 6. The van der Waals surface area contributed by atoms with Gasteiger partial charge < -0.3 is 9.80 Å². The van der Waals surface area contributed by atoms with Gasteiger partial charge in [0.15, 0.2) is 11.6 Å². The number of nitrogens with zero attached hydrogens (tertiary/aromatic N) is 2. The van der Waals surface area contributed by atoms with Crippen molar-refractivity contribution in [3.05, 3.63) is 65.5 Å². The number of benzene rings is 2. The zero-order valence-corrected chi connectivity index (χ0v) is 16.0. The predicted molar refractivity (Wildman–Crippen MR) is 104 cm³/mol. The lowest BCUT2D eigenvalue weighted by molar-refractivity contribution is -0.119. The molecule has 3 nitrogen and oxygen atoms in total. The summed E-state index contributed by atoms with van der Waals surface area (Å²) in [5.41, 5.74) is 1.50. The van der Waals surface area contributed by atoms with E-state index in [0.717, 1.165) is 56.6 Å². The van der Waals surface area contributed by atoms with Crippen molar-refractivity contribution in [3.63, 3.8) is 0 Å². The predicted octanol–water partition coefficient (Wildman–Crippen LogP) is 4.55. The van der Waals surface area contributed by atoms with Gasteiger partial charge in [0.05, 0.1) is 0 Å². The molecule has 2 aromatic rings. The third kappa shape index (κ3) is 4.93. The highest BCUT2D eigenvalue weighted by molar-refractivity contribution is 5.93. The Bertz CT molecular complexity index is 802. The third-order valence-corrected chi connectivity index (χ3v) is 5.30. The van der Waals surface area contributed by atoms with E-state index in [9.17, 15) is 18.0 Å². The number of hydrogen-bond donors (Lipinski definition) is 0. The molecule has 0 saturated carbocycles. The fraction of sp³-hybridized carbons (Fsp3) is 0.409. The van der Waals surface area contributed by atoms with Crippen molar-refractivity contribution in [1.82, 2.24) is 4.90 Å². The van der Waals surface area contributed by atoms with E-state index in [1.807, 2.05) is 0 Å². The summed E-state index contributed by atoms with van der Waals surface area (Å²) in [6, 6.07) is 10.1. The number of carbonyl (C=O) groups excluding carboxylic acids is 1. The van der Waals surface area contributed by atoms with E-state index >= 15 is 0 Å². The Balaban J connectivity index is 1.61. The van der Waals surface area contributed by atoms with Crippen LogP contribution in [0.5, 0.6) is 0 Å². The molecule has 1 amide bonds. The van der Waals surface area contributed by atoms with Crippen LogP contribution >= 0.6 is 0 Å². The normalized spacial score (nSPS) is 15.6. The van der Waals surface area contributed by atoms with Crippen molar-refractivity contribution in [3.8, 4) is 0 Å². The maximum atomic E-state index is 13.7. The summed E-state index contributed by atoms with van der Waals surface area (Å²) in [6.07, 6.45) is 2.69. The summed E-state index contributed by atoms with van der Waals surface area (Å²) in [5, 5.41) is 0. The molecule has 0 unspecified atom stereocenters. The molecule has 3 rings (SSSR count). The maximum Gasteiger partial charge on any atom is 0.226 e. The minimum atomic E-state index is -0.942. The first-order chi connectivity index (χ1) is 13.5. The summed E-state index contributed by atoms with van der Waals surface area (Å²) in [4.78, 5) is 16.4. The first kappa shape index (κ1) is 20.4. The molecule has 150 valence electrons. The van der Waals surface area contributed by atoms with Crippen molar-refractivity contribution in [2.24, 2.45) is 0 Å². The van der Waals surface area contributed by atoms with Gasteiger partial charge in [0, 0.05) is 43.9 Å². The number of likely N-dealkylation sites (tertiary alicyclic amines) is 1. The van der Waals surface area contributed by atoms with Gasteiger partial charge in [-0.15, -0.1) is 0 Å². The van der Waals surface area contributed by atoms with Crippen LogP contribution in [0.25, 0.3) is 0 Å². The standard InChI is InChI=1S/C22H25F3N2O/c1-2-22(28)27(19-7-8-20(24)21(25)15-19)18-10-13-26(14-11-18)12-9-16-3-5-17(23)6-4-16/h3-8,15,18H,2,9-14H2,1H3. The molecule has 0 radical (unpaired) electrons. The Kier molecular flexibility index (Phi) is 6.73. The summed E-state index contributed by atoms with van der Waals surface area (Å²) in [6.45, 7) is 4.28. The second-order valence-electron chi connectivity index (χ2n) is 7.16. The Morgan fingerprint density at radius 1 is 1.04 bits per heavy atom. The largest absolute Gasteiger partial charge is 0.309 e. The number of amides is 1. The summed E-state index contributed by atoms with van der Waals surface area (Å²) < 4.78 is 40.0. The number of hydrogen-bond acceptors (Lipinski definition) is 2. The molecule has 1 fully saturated rings. The molecule has 0 aromatic heterocycles. The minimum Gasteiger partial charge on any atom is -0.309 e. The molecule has 0 atom stereocenters. The van der Waals surface area contributed by atoms with Crippen LogP contribution in [0.4, 0.5) is 18.9 Å². The van der Waals surface area contributed by atoms with Crippen LogP contribution in [0.2, 0.25) is 0 Å². The van der Waals surface area contributed by atoms with E-state index < -0.39 is 11.6 Å². The van der Waals surface area contributed by atoms with Gasteiger partial charge in [-0.3, -0.25) is 4.79 Å². The van der Waals surface area contributed by atoms with Crippen LogP contribution in [0.15, 0.2) is 42.5 Å². The van der Waals surface area contributed by atoms with Gasteiger partial charge in [0.1, 0.15) is 5.82 Å². The highest BCUT2D eigenvalue weighted by Crippen LogP contribution is 2.26. The molecule has 0 bridgehead atoms. The smallest absolute Gasteiger partial charge is 0.226 e. The zero-order valence-electron chi connectivity index (χ0n) is 16.0. The topological polar surface area (TPSA) is 23.6 Å². The van der Waals surface area contributed by atoms with Crippen molar-refractivity contribution >= 4 is 11.6 Å². The van der Waals surface area contributed by atoms with E-state index in [1.54, 1.807) is 24.0 Å². The summed E-state index contributed by atoms with van der Waals surface area (Å²) in [7, 11) is 0. The van der Waals surface area contributed by atoms with Crippen LogP contribution in [-0.2, 0) is 11.2 Å². The van der Waals surface area contributed by atoms with Crippen LogP contribution in [0.3, 0.4) is 0 Å². The molecule has 2 aromatic carbocycles. The third-order valence-electron chi connectivity index (χ3n) is 5.30. The van der Waals surface area contributed by atoms with Crippen LogP contribution in [0, 0.1) is 17.5 Å². The highest BCUT2D eigenvalue weighted by atomic mass is 19.2. The lowest BCUT2D eigenvalue weighted by Gasteiger charge is -2.38. The quantitative estimate of drug-likeness (QED) is 0.722. The van der Waals surface area contributed by atoms with E-state index in [4.69, 9.17) is 0 Å². The molecule has 0 spiro atoms. The molecule has 28 heavy (non-hydrogen) atoms. The average molecular weight is 390 g/mol. The Morgan fingerprint density at radius 2 is 1.71 bits per heavy atom. The molecular formula is C22H25F3N2O. The first-order valence-electron chi connectivity index (χ1n) is 9.72. The van der Waals surface area contributed by atoms with Gasteiger partial charge in [-0.1, -0.05) is 19.1 Å². The molecule has 0 aliphatic carbocycles. The van der Waals surface area contributed by atoms with E-state index in [2.05, 4.69) is 4.90 Å². The van der Waals surface area contributed by atoms with Crippen molar-refractivity contribution < 1.29 is 18.0 Å². The average Bonchev–Trinajstić information content (AvgIpc) is 2.71. The highest BCUT2D eigenvalue weighted by Gasteiger charge is 2.28. The molecule has 0 N–H and O–H groups in total. The molecule has 1 aliphatic rings. The number of piperidine rings is 1. The molecule has 1 heterocycles. The van der Waals surface area contributed by atoms with Crippen LogP contribution in [-0.4, -0.2) is 36.5 Å². The van der Waals surface area contributed by atoms with Gasteiger partial charge in [-0.05, 0) is 49.1 Å². The van der Waals surface area contributed by atoms with E-state index in [0.29, 0.717) is 12.1 Å². The molecular weight excluding hydrogens is 365 g/mol. The van der Waals surface area contributed by atoms with Crippen LogP contribution in [0.1, 0.15) is 31.7 Å². The van der Waals surface area contributed by atoms with Crippen molar-refractivity contribution in [1.29, 1.82) is 0 Å². The maximum absolute atomic E-state index is 13.7. The fourth-order valence-corrected chi connectivity index (χ4v) is 3.70. The second-order valence-corrected chi connectivity index (χ2v) is 7.16. The SMILES string of the molecule is CCC(=O)N(c1ccc(F)c(F)c1)C1CCN(CCc2ccc(F)cc2)CC1. The molecule has 1 saturated heterocycles. The summed E-state index contributed by atoms with van der Waals surface area (Å²) >= 11 is 0. The second kappa shape index (κ2) is 9.24. The van der Waals surface area contributed by atoms with Gasteiger partial charge >= 0.3 is 0 Å². The molecule has 1 aliphatic heterocycles. The summed E-state index contributed by atoms with van der Waals surface area (Å²) in [5.74, 6) is -2.18. The van der Waals surface area contributed by atoms with Gasteiger partial charge in [-0.2, -0.15) is 0 Å². The Morgan fingerprint density at radius 3 is 2.32 bits per heavy atom. The van der Waals surface area contributed by atoms with Gasteiger partial charge in [0.25, 0.3) is 0 Å².